The van der Waals surface area contributed by atoms with Crippen LogP contribution >= 0.6 is 0 Å². The van der Waals surface area contributed by atoms with E-state index in [-0.39, 0.29) is 6.04 Å². The van der Waals surface area contributed by atoms with Crippen LogP contribution < -0.4 is 24.3 Å². The Kier molecular flexibility index (Phi) is 8.54. The molecule has 1 aliphatic carbocycles. The first-order chi connectivity index (χ1) is 17.1. The summed E-state index contributed by atoms with van der Waals surface area (Å²) in [6.45, 7) is 3.70. The van der Waals surface area contributed by atoms with Crippen molar-refractivity contribution in [1.82, 2.24) is 5.32 Å². The topological polar surface area (TPSA) is 49.0 Å². The number of ether oxygens (including phenoxy) is 4. The molecule has 0 radical (unpaired) electrons. The van der Waals surface area contributed by atoms with Gasteiger partial charge in [0.15, 0.2) is 0 Å². The van der Waals surface area contributed by atoms with Gasteiger partial charge < -0.3 is 24.3 Å². The van der Waals surface area contributed by atoms with Gasteiger partial charge in [-0.2, -0.15) is 0 Å². The first-order valence-corrected chi connectivity index (χ1v) is 12.4. The van der Waals surface area contributed by atoms with Crippen LogP contribution in [-0.4, -0.2) is 34.5 Å². The molecule has 186 valence electrons. The van der Waals surface area contributed by atoms with Crippen LogP contribution in [0.3, 0.4) is 0 Å². The first kappa shape index (κ1) is 24.9. The van der Waals surface area contributed by atoms with Crippen molar-refractivity contribution in [3.63, 3.8) is 0 Å². The molecule has 0 aliphatic heterocycles. The molecule has 35 heavy (non-hydrogen) atoms. The Balaban J connectivity index is 1.52. The highest BCUT2D eigenvalue weighted by molar-refractivity contribution is 5.47. The SMILES string of the molecule is COc1ccc(C(NCCc2ccc(OC)c(C)c2)c2ccc(OCC3CCC3)cc2)c(OC)c1. The Bertz CT molecular complexity index is 1090. The smallest absolute Gasteiger partial charge is 0.127 e. The normalized spacial score (nSPS) is 14.2. The largest absolute Gasteiger partial charge is 0.497 e. The molecule has 1 aliphatic rings. The van der Waals surface area contributed by atoms with Crippen molar-refractivity contribution < 1.29 is 18.9 Å². The number of methoxy groups -OCH3 is 3. The summed E-state index contributed by atoms with van der Waals surface area (Å²) in [4.78, 5) is 0. The zero-order valence-electron chi connectivity index (χ0n) is 21.3. The van der Waals surface area contributed by atoms with Crippen molar-refractivity contribution in [2.45, 2.75) is 38.6 Å². The van der Waals surface area contributed by atoms with Gasteiger partial charge in [-0.25, -0.2) is 0 Å². The highest BCUT2D eigenvalue weighted by atomic mass is 16.5. The molecular weight excluding hydrogens is 438 g/mol. The third kappa shape index (κ3) is 6.29. The van der Waals surface area contributed by atoms with Gasteiger partial charge in [0, 0.05) is 18.2 Å². The monoisotopic (exact) mass is 475 g/mol. The van der Waals surface area contributed by atoms with Gasteiger partial charge in [0.1, 0.15) is 23.0 Å². The number of hydrogen-bond donors (Lipinski definition) is 1. The lowest BCUT2D eigenvalue weighted by Gasteiger charge is -2.25. The second-order valence-corrected chi connectivity index (χ2v) is 9.23. The van der Waals surface area contributed by atoms with E-state index in [1.807, 2.05) is 18.2 Å². The predicted octanol–water partition coefficient (Wildman–Crippen LogP) is 6.12. The van der Waals surface area contributed by atoms with Crippen molar-refractivity contribution >= 4 is 0 Å². The summed E-state index contributed by atoms with van der Waals surface area (Å²) in [6.07, 6.45) is 4.81. The highest BCUT2D eigenvalue weighted by Gasteiger charge is 2.20. The van der Waals surface area contributed by atoms with Crippen LogP contribution in [0.25, 0.3) is 0 Å². The summed E-state index contributed by atoms with van der Waals surface area (Å²) < 4.78 is 22.6. The number of benzene rings is 3. The molecule has 3 aromatic carbocycles. The molecule has 1 fully saturated rings. The highest BCUT2D eigenvalue weighted by Crippen LogP contribution is 2.34. The lowest BCUT2D eigenvalue weighted by Crippen LogP contribution is -2.25. The van der Waals surface area contributed by atoms with E-state index >= 15 is 0 Å². The maximum absolute atomic E-state index is 6.02. The molecule has 0 saturated heterocycles. The standard InChI is InChI=1S/C30H37NO4/c1-21-18-22(8-15-28(21)33-3)16-17-31-30(27-14-13-26(32-2)19-29(27)34-4)24-9-11-25(12-10-24)35-20-23-6-5-7-23/h8-15,18-19,23,30-31H,5-7,16-17,20H2,1-4H3. The van der Waals surface area contributed by atoms with Crippen molar-refractivity contribution in [3.8, 4) is 23.0 Å². The zero-order chi connectivity index (χ0) is 24.6. The molecule has 5 heteroatoms. The molecule has 0 bridgehead atoms. The molecule has 0 amide bonds. The van der Waals surface area contributed by atoms with Gasteiger partial charge >= 0.3 is 0 Å². The van der Waals surface area contributed by atoms with E-state index in [1.54, 1.807) is 21.3 Å². The van der Waals surface area contributed by atoms with Crippen LogP contribution in [0.15, 0.2) is 60.7 Å². The third-order valence-electron chi connectivity index (χ3n) is 6.90. The number of aryl methyl sites for hydroxylation is 1. The van der Waals surface area contributed by atoms with Crippen molar-refractivity contribution in [2.24, 2.45) is 5.92 Å². The van der Waals surface area contributed by atoms with Crippen LogP contribution in [0, 0.1) is 12.8 Å². The lowest BCUT2D eigenvalue weighted by atomic mass is 9.86. The van der Waals surface area contributed by atoms with Crippen LogP contribution in [0.1, 0.15) is 47.6 Å². The van der Waals surface area contributed by atoms with E-state index < -0.39 is 0 Å². The molecule has 0 spiro atoms. The number of nitrogens with one attached hydrogen (secondary N) is 1. The molecular formula is C30H37NO4. The van der Waals surface area contributed by atoms with E-state index in [1.165, 1.54) is 24.8 Å². The van der Waals surface area contributed by atoms with Crippen LogP contribution in [0.4, 0.5) is 0 Å². The predicted molar refractivity (Wildman–Crippen MR) is 140 cm³/mol. The Hall–Kier alpha value is -3.18. The Morgan fingerprint density at radius 2 is 1.57 bits per heavy atom. The van der Waals surface area contributed by atoms with E-state index in [2.05, 4.69) is 54.7 Å². The second-order valence-electron chi connectivity index (χ2n) is 9.23. The number of rotatable bonds is 12. The van der Waals surface area contributed by atoms with Gasteiger partial charge in [-0.15, -0.1) is 0 Å². The zero-order valence-corrected chi connectivity index (χ0v) is 21.3. The fraction of sp³-hybridized carbons (Fsp3) is 0.400. The van der Waals surface area contributed by atoms with Gasteiger partial charge in [0.25, 0.3) is 0 Å². The summed E-state index contributed by atoms with van der Waals surface area (Å²) in [5.74, 6) is 4.14. The Labute approximate surface area is 209 Å². The molecule has 0 heterocycles. The van der Waals surface area contributed by atoms with Gasteiger partial charge in [-0.05, 0) is 79.1 Å². The van der Waals surface area contributed by atoms with Gasteiger partial charge in [0.2, 0.25) is 0 Å². The lowest BCUT2D eigenvalue weighted by molar-refractivity contribution is 0.180. The molecule has 0 aromatic heterocycles. The van der Waals surface area contributed by atoms with Crippen molar-refractivity contribution in [3.05, 3.63) is 82.9 Å². The first-order valence-electron chi connectivity index (χ1n) is 12.4. The minimum atomic E-state index is -0.0316. The van der Waals surface area contributed by atoms with Crippen LogP contribution in [0.2, 0.25) is 0 Å². The fourth-order valence-electron chi connectivity index (χ4n) is 4.55. The Morgan fingerprint density at radius 1 is 0.829 bits per heavy atom. The van der Waals surface area contributed by atoms with Crippen molar-refractivity contribution in [2.75, 3.05) is 34.5 Å². The van der Waals surface area contributed by atoms with Crippen molar-refractivity contribution in [1.29, 1.82) is 0 Å². The second kappa shape index (κ2) is 12.0. The van der Waals surface area contributed by atoms with Gasteiger partial charge in [0.05, 0.1) is 34.0 Å². The minimum absolute atomic E-state index is 0.0316. The molecule has 4 rings (SSSR count). The van der Waals surface area contributed by atoms with E-state index in [4.69, 9.17) is 18.9 Å². The summed E-state index contributed by atoms with van der Waals surface area (Å²) in [5, 5.41) is 3.76. The average molecular weight is 476 g/mol. The van der Waals surface area contributed by atoms with E-state index in [0.29, 0.717) is 5.92 Å². The summed E-state index contributed by atoms with van der Waals surface area (Å²) in [7, 11) is 5.08. The minimum Gasteiger partial charge on any atom is -0.497 e. The summed E-state index contributed by atoms with van der Waals surface area (Å²) >= 11 is 0. The molecule has 1 unspecified atom stereocenters. The Morgan fingerprint density at radius 3 is 2.20 bits per heavy atom. The van der Waals surface area contributed by atoms with Crippen LogP contribution in [0.5, 0.6) is 23.0 Å². The van der Waals surface area contributed by atoms with E-state index in [0.717, 1.165) is 59.3 Å². The summed E-state index contributed by atoms with van der Waals surface area (Å²) in [6, 6.07) is 20.8. The molecule has 1 saturated carbocycles. The fourth-order valence-corrected chi connectivity index (χ4v) is 4.55. The molecule has 1 atom stereocenters. The number of hydrogen-bond acceptors (Lipinski definition) is 5. The average Bonchev–Trinajstić information content (AvgIpc) is 2.86. The molecule has 3 aromatic rings. The van der Waals surface area contributed by atoms with Crippen LogP contribution in [-0.2, 0) is 6.42 Å². The molecule has 5 nitrogen and oxygen atoms in total. The third-order valence-corrected chi connectivity index (χ3v) is 6.90. The summed E-state index contributed by atoms with van der Waals surface area (Å²) in [5.41, 5.74) is 4.66. The van der Waals surface area contributed by atoms with E-state index in [9.17, 15) is 0 Å². The quantitative estimate of drug-likeness (QED) is 0.342. The van der Waals surface area contributed by atoms with Gasteiger partial charge in [-0.3, -0.25) is 0 Å². The molecule has 1 N–H and O–H groups in total. The van der Waals surface area contributed by atoms with Gasteiger partial charge in [-0.1, -0.05) is 30.7 Å². The maximum Gasteiger partial charge on any atom is 0.127 e. The maximum atomic E-state index is 6.02.